The van der Waals surface area contributed by atoms with Crippen LogP contribution in [0.1, 0.15) is 35.8 Å². The summed E-state index contributed by atoms with van der Waals surface area (Å²) in [6.45, 7) is 4.35. The lowest BCUT2D eigenvalue weighted by atomic mass is 10.1. The van der Waals surface area contributed by atoms with Crippen LogP contribution in [-0.4, -0.2) is 67.1 Å². The van der Waals surface area contributed by atoms with Crippen LogP contribution in [0.2, 0.25) is 0 Å². The molecule has 4 rings (SSSR count). The van der Waals surface area contributed by atoms with Crippen LogP contribution < -0.4 is 24.3 Å². The number of aromatic nitrogens is 3. The SMILES string of the molecule is C=Nc1cc(OC)c(OC)cc1/C(=C\C)Oc1ccc(NC(=O)c2nn(CCOC3CC3)cc2OCC(F)(F)F)cn1. The van der Waals surface area contributed by atoms with E-state index in [9.17, 15) is 18.0 Å². The third-order valence-electron chi connectivity index (χ3n) is 5.94. The lowest BCUT2D eigenvalue weighted by molar-refractivity contribution is -0.153. The van der Waals surface area contributed by atoms with E-state index in [1.54, 1.807) is 25.1 Å². The first-order valence-electron chi connectivity index (χ1n) is 12.9. The van der Waals surface area contributed by atoms with Gasteiger partial charge in [0.15, 0.2) is 29.5 Å². The quantitative estimate of drug-likeness (QED) is 0.195. The zero-order valence-corrected chi connectivity index (χ0v) is 23.2. The van der Waals surface area contributed by atoms with Gasteiger partial charge in [0, 0.05) is 17.7 Å². The van der Waals surface area contributed by atoms with Crippen LogP contribution in [0.4, 0.5) is 24.5 Å². The summed E-state index contributed by atoms with van der Waals surface area (Å²) < 4.78 is 66.8. The summed E-state index contributed by atoms with van der Waals surface area (Å²) in [6, 6.07) is 6.39. The molecule has 0 aliphatic heterocycles. The molecule has 1 N–H and O–H groups in total. The number of ether oxygens (including phenoxy) is 5. The van der Waals surface area contributed by atoms with Crippen LogP contribution in [0.15, 0.2) is 47.7 Å². The van der Waals surface area contributed by atoms with Crippen molar-refractivity contribution in [1.29, 1.82) is 0 Å². The standard InChI is InChI=1S/C28H30F3N5O6/c1-5-21(19-12-22(38-3)23(39-4)13-20(19)32-2)42-25-9-6-17(14-33-25)34-27(37)26-24(41-16-28(29,30)31)15-36(35-26)10-11-40-18-7-8-18/h5-6,9,12-15,18H,2,7-8,10-11,16H2,1,3-4H3,(H,34,37)/b21-5+. The van der Waals surface area contributed by atoms with Crippen LogP contribution in [0.3, 0.4) is 0 Å². The number of hydrogen-bond acceptors (Lipinski definition) is 9. The van der Waals surface area contributed by atoms with Gasteiger partial charge in [-0.05, 0) is 44.7 Å². The summed E-state index contributed by atoms with van der Waals surface area (Å²) in [7, 11) is 3.02. The number of anilines is 1. The molecule has 0 spiro atoms. The number of carbonyl (C=O) groups excluding carboxylic acids is 1. The van der Waals surface area contributed by atoms with Gasteiger partial charge in [0.05, 0.1) is 57.2 Å². The van der Waals surface area contributed by atoms with Crippen molar-refractivity contribution in [1.82, 2.24) is 14.8 Å². The molecule has 1 fully saturated rings. The Hall–Kier alpha value is -4.59. The minimum absolute atomic E-state index is 0.194. The molecule has 0 saturated heterocycles. The Morgan fingerprint density at radius 3 is 2.52 bits per heavy atom. The Labute approximate surface area is 239 Å². The first kappa shape index (κ1) is 30.4. The van der Waals surface area contributed by atoms with Gasteiger partial charge in [0.1, 0.15) is 5.76 Å². The smallest absolute Gasteiger partial charge is 0.422 e. The summed E-state index contributed by atoms with van der Waals surface area (Å²) in [6.07, 6.45) is 1.85. The van der Waals surface area contributed by atoms with Crippen LogP contribution in [0.25, 0.3) is 5.76 Å². The Morgan fingerprint density at radius 1 is 1.19 bits per heavy atom. The maximum absolute atomic E-state index is 13.0. The van der Waals surface area contributed by atoms with Crippen LogP contribution in [-0.2, 0) is 11.3 Å². The zero-order chi connectivity index (χ0) is 30.3. The minimum Gasteiger partial charge on any atom is -0.493 e. The molecule has 2 heterocycles. The average molecular weight is 590 g/mol. The topological polar surface area (TPSA) is 118 Å². The van der Waals surface area contributed by atoms with Gasteiger partial charge in [-0.25, -0.2) is 4.98 Å². The van der Waals surface area contributed by atoms with E-state index in [0.29, 0.717) is 35.1 Å². The number of hydrogen-bond donors (Lipinski definition) is 1. The molecule has 3 aromatic rings. The first-order chi connectivity index (χ1) is 20.1. The molecule has 1 aliphatic rings. The fraction of sp³-hybridized carbons (Fsp3) is 0.357. The number of benzene rings is 1. The Kier molecular flexibility index (Phi) is 9.68. The fourth-order valence-corrected chi connectivity index (χ4v) is 3.77. The molecule has 1 aliphatic carbocycles. The second kappa shape index (κ2) is 13.4. The van der Waals surface area contributed by atoms with E-state index in [1.807, 2.05) is 0 Å². The van der Waals surface area contributed by atoms with Crippen molar-refractivity contribution in [3.8, 4) is 23.1 Å². The molecule has 224 valence electrons. The molecule has 0 atom stereocenters. The number of halogens is 3. The lowest BCUT2D eigenvalue weighted by Gasteiger charge is -2.15. The number of nitrogens with zero attached hydrogens (tertiary/aromatic N) is 4. The third kappa shape index (κ3) is 8.00. The second-order valence-electron chi connectivity index (χ2n) is 9.06. The lowest BCUT2D eigenvalue weighted by Crippen LogP contribution is -2.21. The number of nitrogens with one attached hydrogen (secondary N) is 1. The highest BCUT2D eigenvalue weighted by atomic mass is 19.4. The van der Waals surface area contributed by atoms with Gasteiger partial charge >= 0.3 is 6.18 Å². The van der Waals surface area contributed by atoms with Crippen molar-refractivity contribution in [2.24, 2.45) is 4.99 Å². The molecular weight excluding hydrogens is 559 g/mol. The van der Waals surface area contributed by atoms with Gasteiger partial charge in [-0.15, -0.1) is 0 Å². The summed E-state index contributed by atoms with van der Waals surface area (Å²) in [5.74, 6) is 0.463. The zero-order valence-electron chi connectivity index (χ0n) is 23.2. The molecular formula is C28H30F3N5O6. The molecule has 14 heteroatoms. The predicted molar refractivity (Wildman–Crippen MR) is 148 cm³/mol. The number of carbonyl (C=O) groups is 1. The Bertz CT molecular complexity index is 1440. The van der Waals surface area contributed by atoms with Gasteiger partial charge in [-0.2, -0.15) is 18.3 Å². The summed E-state index contributed by atoms with van der Waals surface area (Å²) >= 11 is 0. The highest BCUT2D eigenvalue weighted by molar-refractivity contribution is 6.04. The number of alkyl halides is 3. The van der Waals surface area contributed by atoms with E-state index >= 15 is 0 Å². The molecule has 0 radical (unpaired) electrons. The number of aliphatic imine (C=N–C) groups is 1. The molecule has 11 nitrogen and oxygen atoms in total. The number of allylic oxidation sites excluding steroid dienone is 1. The van der Waals surface area contributed by atoms with Crippen LogP contribution in [0, 0.1) is 0 Å². The highest BCUT2D eigenvalue weighted by Crippen LogP contribution is 2.38. The van der Waals surface area contributed by atoms with Crippen molar-refractivity contribution < 1.29 is 41.7 Å². The van der Waals surface area contributed by atoms with E-state index < -0.39 is 18.7 Å². The van der Waals surface area contributed by atoms with E-state index in [2.05, 4.69) is 27.1 Å². The first-order valence-corrected chi connectivity index (χ1v) is 12.9. The third-order valence-corrected chi connectivity index (χ3v) is 5.94. The van der Waals surface area contributed by atoms with E-state index in [1.165, 1.54) is 43.4 Å². The van der Waals surface area contributed by atoms with Crippen molar-refractivity contribution in [2.45, 2.75) is 38.6 Å². The monoisotopic (exact) mass is 589 g/mol. The molecule has 0 unspecified atom stereocenters. The fourth-order valence-electron chi connectivity index (χ4n) is 3.77. The number of pyridine rings is 1. The highest BCUT2D eigenvalue weighted by Gasteiger charge is 2.30. The maximum atomic E-state index is 13.0. The summed E-state index contributed by atoms with van der Waals surface area (Å²) in [5, 5.41) is 6.69. The maximum Gasteiger partial charge on any atom is 0.422 e. The van der Waals surface area contributed by atoms with Gasteiger partial charge in [0.2, 0.25) is 5.88 Å². The molecule has 1 aromatic carbocycles. The largest absolute Gasteiger partial charge is 0.493 e. The van der Waals surface area contributed by atoms with Gasteiger partial charge < -0.3 is 29.0 Å². The summed E-state index contributed by atoms with van der Waals surface area (Å²) in [4.78, 5) is 21.2. The van der Waals surface area contributed by atoms with Crippen LogP contribution in [0.5, 0.6) is 23.1 Å². The minimum atomic E-state index is -4.59. The predicted octanol–water partition coefficient (Wildman–Crippen LogP) is 5.44. The van der Waals surface area contributed by atoms with E-state index in [-0.39, 0.29) is 35.7 Å². The molecule has 2 aromatic heterocycles. The molecule has 1 saturated carbocycles. The number of rotatable bonds is 14. The molecule has 1 amide bonds. The van der Waals surface area contributed by atoms with Gasteiger partial charge in [-0.3, -0.25) is 14.5 Å². The van der Waals surface area contributed by atoms with E-state index in [0.717, 1.165) is 12.8 Å². The van der Waals surface area contributed by atoms with Crippen molar-refractivity contribution in [2.75, 3.05) is 32.8 Å². The average Bonchev–Trinajstić information content (AvgIpc) is 3.71. The Morgan fingerprint density at radius 2 is 1.93 bits per heavy atom. The normalized spacial score (nSPS) is 13.4. The van der Waals surface area contributed by atoms with Crippen LogP contribution >= 0.6 is 0 Å². The second-order valence-corrected chi connectivity index (χ2v) is 9.06. The Balaban J connectivity index is 1.46. The van der Waals surface area contributed by atoms with Gasteiger partial charge in [-0.1, -0.05) is 0 Å². The number of amides is 1. The number of methoxy groups -OCH3 is 2. The van der Waals surface area contributed by atoms with Crippen molar-refractivity contribution in [3.05, 3.63) is 54.0 Å². The van der Waals surface area contributed by atoms with Crippen molar-refractivity contribution >= 4 is 29.8 Å². The molecule has 42 heavy (non-hydrogen) atoms. The van der Waals surface area contributed by atoms with Crippen molar-refractivity contribution in [3.63, 3.8) is 0 Å². The van der Waals surface area contributed by atoms with Gasteiger partial charge in [0.25, 0.3) is 5.91 Å². The van der Waals surface area contributed by atoms with E-state index in [4.69, 9.17) is 23.7 Å². The molecule has 0 bridgehead atoms. The summed E-state index contributed by atoms with van der Waals surface area (Å²) in [5.41, 5.74) is 1.02.